The number of urea groups is 1. The number of hydrogen-bond donors (Lipinski definition) is 2. The molecular formula is C15H24N6O2. The zero-order valence-corrected chi connectivity index (χ0v) is 13.6. The van der Waals surface area contributed by atoms with E-state index in [0.29, 0.717) is 24.9 Å². The van der Waals surface area contributed by atoms with Crippen LogP contribution in [-0.2, 0) is 0 Å². The van der Waals surface area contributed by atoms with Gasteiger partial charge in [-0.2, -0.15) is 0 Å². The summed E-state index contributed by atoms with van der Waals surface area (Å²) in [5, 5.41) is 10.7. The molecule has 0 aromatic carbocycles. The molecule has 0 spiro atoms. The van der Waals surface area contributed by atoms with Crippen molar-refractivity contribution >= 4 is 11.9 Å². The van der Waals surface area contributed by atoms with Crippen LogP contribution in [0.4, 0.5) is 4.79 Å². The molecule has 3 rings (SSSR count). The number of aromatic nitrogens is 3. The summed E-state index contributed by atoms with van der Waals surface area (Å²) in [5.41, 5.74) is 5.33. The van der Waals surface area contributed by atoms with Gasteiger partial charge in [-0.25, -0.2) is 9.48 Å². The highest BCUT2D eigenvalue weighted by Crippen LogP contribution is 2.43. The molecule has 2 fully saturated rings. The molecular weight excluding hydrogens is 296 g/mol. The molecule has 1 aromatic heterocycles. The van der Waals surface area contributed by atoms with Crippen molar-refractivity contribution in [3.8, 4) is 0 Å². The molecule has 1 aliphatic heterocycles. The third-order valence-electron chi connectivity index (χ3n) is 4.94. The number of nitrogens with two attached hydrogens (primary N) is 1. The van der Waals surface area contributed by atoms with Crippen molar-refractivity contribution < 1.29 is 9.59 Å². The second-order valence-corrected chi connectivity index (χ2v) is 6.93. The smallest absolute Gasteiger partial charge is 0.317 e. The molecule has 1 aliphatic carbocycles. The van der Waals surface area contributed by atoms with E-state index < -0.39 is 5.91 Å². The molecule has 8 heteroatoms. The molecule has 0 radical (unpaired) electrons. The largest absolute Gasteiger partial charge is 0.364 e. The molecule has 3 N–H and O–H groups in total. The van der Waals surface area contributed by atoms with E-state index in [9.17, 15) is 9.59 Å². The first-order valence-corrected chi connectivity index (χ1v) is 8.20. The maximum Gasteiger partial charge on any atom is 0.317 e. The Morgan fingerprint density at radius 1 is 1.48 bits per heavy atom. The van der Waals surface area contributed by atoms with Crippen LogP contribution in [0.25, 0.3) is 0 Å². The number of likely N-dealkylation sites (tertiary alicyclic amines) is 1. The highest BCUT2D eigenvalue weighted by atomic mass is 16.2. The van der Waals surface area contributed by atoms with E-state index in [1.54, 1.807) is 15.8 Å². The molecule has 1 saturated carbocycles. The van der Waals surface area contributed by atoms with E-state index in [-0.39, 0.29) is 17.8 Å². The van der Waals surface area contributed by atoms with E-state index in [2.05, 4.69) is 29.5 Å². The highest BCUT2D eigenvalue weighted by Gasteiger charge is 2.39. The summed E-state index contributed by atoms with van der Waals surface area (Å²) in [5.74, 6) is 1.49. The molecule has 8 nitrogen and oxygen atoms in total. The molecule has 3 atom stereocenters. The third-order valence-corrected chi connectivity index (χ3v) is 4.94. The lowest BCUT2D eigenvalue weighted by molar-refractivity contribution is 0.0995. The highest BCUT2D eigenvalue weighted by molar-refractivity contribution is 5.90. The minimum absolute atomic E-state index is 0.0165. The second kappa shape index (κ2) is 6.17. The van der Waals surface area contributed by atoms with E-state index in [0.717, 1.165) is 18.9 Å². The first-order valence-electron chi connectivity index (χ1n) is 8.20. The van der Waals surface area contributed by atoms with Crippen LogP contribution in [0.2, 0.25) is 0 Å². The van der Waals surface area contributed by atoms with Crippen LogP contribution in [0.15, 0.2) is 6.20 Å². The quantitative estimate of drug-likeness (QED) is 0.829. The van der Waals surface area contributed by atoms with Gasteiger partial charge in [0.05, 0.1) is 12.2 Å². The summed E-state index contributed by atoms with van der Waals surface area (Å²) in [6, 6.07) is 0.0304. The SMILES string of the molecule is CC(C)[C@@H]1C[C@H]1CNC(=O)N1CCC(n2cc(C(N)=O)nn2)C1. The predicted octanol–water partition coefficient (Wildman–Crippen LogP) is 0.626. The predicted molar refractivity (Wildman–Crippen MR) is 83.6 cm³/mol. The summed E-state index contributed by atoms with van der Waals surface area (Å²) in [7, 11) is 0. The maximum atomic E-state index is 12.2. The third kappa shape index (κ3) is 3.46. The van der Waals surface area contributed by atoms with E-state index in [4.69, 9.17) is 5.73 Å². The molecule has 1 unspecified atom stereocenters. The molecule has 1 aromatic rings. The van der Waals surface area contributed by atoms with Crippen molar-refractivity contribution in [3.63, 3.8) is 0 Å². The molecule has 2 aliphatic rings. The van der Waals surface area contributed by atoms with E-state index >= 15 is 0 Å². The monoisotopic (exact) mass is 320 g/mol. The Kier molecular flexibility index (Phi) is 4.23. The summed E-state index contributed by atoms with van der Waals surface area (Å²) < 4.78 is 1.63. The van der Waals surface area contributed by atoms with Gasteiger partial charge in [-0.1, -0.05) is 19.1 Å². The van der Waals surface area contributed by atoms with Gasteiger partial charge in [-0.3, -0.25) is 4.79 Å². The first kappa shape index (κ1) is 15.8. The van der Waals surface area contributed by atoms with Crippen LogP contribution in [0.5, 0.6) is 0 Å². The van der Waals surface area contributed by atoms with Crippen molar-refractivity contribution in [3.05, 3.63) is 11.9 Å². The lowest BCUT2D eigenvalue weighted by Crippen LogP contribution is -2.39. The second-order valence-electron chi connectivity index (χ2n) is 6.93. The average Bonchev–Trinajstić information content (AvgIpc) is 2.91. The van der Waals surface area contributed by atoms with Crippen molar-refractivity contribution in [1.29, 1.82) is 0 Å². The van der Waals surface area contributed by atoms with Gasteiger partial charge in [0.2, 0.25) is 0 Å². The lowest BCUT2D eigenvalue weighted by atomic mass is 10.1. The fourth-order valence-corrected chi connectivity index (χ4v) is 3.36. The fourth-order valence-electron chi connectivity index (χ4n) is 3.36. The minimum Gasteiger partial charge on any atom is -0.364 e. The Morgan fingerprint density at radius 2 is 2.26 bits per heavy atom. The van der Waals surface area contributed by atoms with Gasteiger partial charge in [0.1, 0.15) is 0 Å². The number of hydrogen-bond acceptors (Lipinski definition) is 4. The van der Waals surface area contributed by atoms with Crippen LogP contribution in [-0.4, -0.2) is 51.5 Å². The van der Waals surface area contributed by atoms with Crippen molar-refractivity contribution in [2.24, 2.45) is 23.5 Å². The van der Waals surface area contributed by atoms with Gasteiger partial charge >= 0.3 is 6.03 Å². The Hall–Kier alpha value is -2.12. The summed E-state index contributed by atoms with van der Waals surface area (Å²) in [6.07, 6.45) is 3.56. The Labute approximate surface area is 135 Å². The normalized spacial score (nSPS) is 26.6. The van der Waals surface area contributed by atoms with Crippen LogP contribution in [0, 0.1) is 17.8 Å². The number of amides is 3. The van der Waals surface area contributed by atoms with Gasteiger partial charge in [-0.15, -0.1) is 5.10 Å². The first-order chi connectivity index (χ1) is 11.0. The number of nitrogens with one attached hydrogen (secondary N) is 1. The van der Waals surface area contributed by atoms with Crippen molar-refractivity contribution in [2.45, 2.75) is 32.7 Å². The number of carbonyl (C=O) groups excluding carboxylic acids is 2. The van der Waals surface area contributed by atoms with Crippen LogP contribution >= 0.6 is 0 Å². The van der Waals surface area contributed by atoms with Gasteiger partial charge in [-0.05, 0) is 30.6 Å². The summed E-state index contributed by atoms with van der Waals surface area (Å²) in [4.78, 5) is 25.1. The van der Waals surface area contributed by atoms with Gasteiger partial charge in [0, 0.05) is 19.6 Å². The fraction of sp³-hybridized carbons (Fsp3) is 0.733. The minimum atomic E-state index is -0.590. The zero-order chi connectivity index (χ0) is 16.6. The maximum absolute atomic E-state index is 12.2. The molecule has 23 heavy (non-hydrogen) atoms. The topological polar surface area (TPSA) is 106 Å². The number of rotatable bonds is 5. The van der Waals surface area contributed by atoms with Crippen molar-refractivity contribution in [2.75, 3.05) is 19.6 Å². The Bertz CT molecular complexity index is 599. The molecule has 3 amide bonds. The molecule has 2 heterocycles. The number of primary amides is 1. The van der Waals surface area contributed by atoms with Crippen LogP contribution in [0.1, 0.15) is 43.2 Å². The molecule has 1 saturated heterocycles. The van der Waals surface area contributed by atoms with Crippen LogP contribution in [0.3, 0.4) is 0 Å². The standard InChI is InChI=1S/C15H24N6O2/c1-9(2)12-5-10(12)6-17-15(23)20-4-3-11(7-20)21-8-13(14(16)22)18-19-21/h8-12H,3-7H2,1-2H3,(H2,16,22)(H,17,23)/t10-,11?,12-/m0/s1. The Balaban J connectivity index is 1.47. The summed E-state index contributed by atoms with van der Waals surface area (Å²) >= 11 is 0. The van der Waals surface area contributed by atoms with Gasteiger partial charge < -0.3 is 16.0 Å². The zero-order valence-electron chi connectivity index (χ0n) is 13.6. The number of nitrogens with zero attached hydrogens (tertiary/aromatic N) is 4. The van der Waals surface area contributed by atoms with Gasteiger partial charge in [0.25, 0.3) is 5.91 Å². The van der Waals surface area contributed by atoms with E-state index in [1.807, 2.05) is 0 Å². The summed E-state index contributed by atoms with van der Waals surface area (Å²) in [6.45, 7) is 6.48. The van der Waals surface area contributed by atoms with Crippen molar-refractivity contribution in [1.82, 2.24) is 25.2 Å². The lowest BCUT2D eigenvalue weighted by Gasteiger charge is -2.17. The Morgan fingerprint density at radius 3 is 2.87 bits per heavy atom. The molecule has 0 bridgehead atoms. The average molecular weight is 320 g/mol. The molecule has 126 valence electrons. The van der Waals surface area contributed by atoms with Crippen LogP contribution < -0.4 is 11.1 Å². The van der Waals surface area contributed by atoms with Gasteiger partial charge in [0.15, 0.2) is 5.69 Å². The van der Waals surface area contributed by atoms with E-state index in [1.165, 1.54) is 6.42 Å². The number of carbonyl (C=O) groups is 2.